The molecule has 0 bridgehead atoms. The van der Waals surface area contributed by atoms with Gasteiger partial charge in [0, 0.05) is 37.1 Å². The van der Waals surface area contributed by atoms with E-state index < -0.39 is 12.0 Å². The lowest BCUT2D eigenvalue weighted by molar-refractivity contribution is -0.139. The second-order valence-electron chi connectivity index (χ2n) is 8.81. The van der Waals surface area contributed by atoms with Gasteiger partial charge in [0.15, 0.2) is 10.8 Å². The topological polar surface area (TPSA) is 99.2 Å². The van der Waals surface area contributed by atoms with Crippen LogP contribution in [0.2, 0.25) is 0 Å². The number of amides is 1. The van der Waals surface area contributed by atoms with Crippen molar-refractivity contribution in [1.82, 2.24) is 25.6 Å². The molecule has 0 radical (unpaired) electrons. The maximum absolute atomic E-state index is 14.6. The molecule has 9 nitrogen and oxygen atoms in total. The Morgan fingerprint density at radius 1 is 1.36 bits per heavy atom. The van der Waals surface area contributed by atoms with E-state index in [-0.39, 0.29) is 24.2 Å². The van der Waals surface area contributed by atoms with Crippen molar-refractivity contribution in [2.45, 2.75) is 26.3 Å². The van der Waals surface area contributed by atoms with E-state index in [2.05, 4.69) is 15.7 Å². The molecule has 2 atom stereocenters. The first-order chi connectivity index (χ1) is 17.4. The number of amidine groups is 1. The predicted molar refractivity (Wildman–Crippen MR) is 133 cm³/mol. The number of nitrogens with one attached hydrogen (secondary N) is 2. The Labute approximate surface area is 212 Å². The number of carbonyl (C=O) groups excluding carboxylic acids is 2. The average molecular weight is 511 g/mol. The molecule has 1 saturated heterocycles. The fourth-order valence-corrected chi connectivity index (χ4v) is 5.33. The molecule has 1 aromatic carbocycles. The van der Waals surface area contributed by atoms with Crippen molar-refractivity contribution < 1.29 is 18.7 Å². The lowest BCUT2D eigenvalue weighted by Crippen LogP contribution is -2.40. The number of aromatic nitrogens is 1. The number of ether oxygens (including phenoxy) is 1. The highest BCUT2D eigenvalue weighted by molar-refractivity contribution is 7.11. The van der Waals surface area contributed by atoms with Crippen LogP contribution in [0.4, 0.5) is 4.39 Å². The fourth-order valence-electron chi connectivity index (χ4n) is 4.74. The maximum Gasteiger partial charge on any atom is 0.338 e. The molecule has 0 saturated carbocycles. The molecular weight excluding hydrogens is 483 g/mol. The number of hydrogen-bond acceptors (Lipinski definition) is 9. The van der Waals surface area contributed by atoms with Crippen molar-refractivity contribution in [3.8, 4) is 0 Å². The summed E-state index contributed by atoms with van der Waals surface area (Å²) in [6.07, 6.45) is 4.26. The lowest BCUT2D eigenvalue weighted by Gasteiger charge is -2.32. The highest BCUT2D eigenvalue weighted by Crippen LogP contribution is 2.36. The zero-order valence-corrected chi connectivity index (χ0v) is 21.1. The van der Waals surface area contributed by atoms with E-state index in [4.69, 9.17) is 9.73 Å². The smallest absolute Gasteiger partial charge is 0.338 e. The standard InChI is InChI=1S/C25H27FN6O3S/c1-4-35-25(34)20-19(13-32-10-8-16-18(12-32)30-31(3)24(16)33)28-22(23-27-9-11-36-23)29-21(20)15-6-5-7-17(26)14(15)2/h5-7,9,11-12,16,21,30H,4,8,10,13H2,1-3H3,(H,28,29)/t16?,21-/m0/s1. The Kier molecular flexibility index (Phi) is 6.48. The first kappa shape index (κ1) is 24.0. The molecule has 1 unspecified atom stereocenters. The highest BCUT2D eigenvalue weighted by atomic mass is 32.1. The van der Waals surface area contributed by atoms with Crippen molar-refractivity contribution in [2.24, 2.45) is 10.9 Å². The first-order valence-electron chi connectivity index (χ1n) is 11.8. The minimum Gasteiger partial charge on any atom is -0.463 e. The molecule has 36 heavy (non-hydrogen) atoms. The Bertz CT molecular complexity index is 1290. The molecule has 1 fully saturated rings. The van der Waals surface area contributed by atoms with Gasteiger partial charge in [0.25, 0.3) is 0 Å². The normalized spacial score (nSPS) is 21.5. The van der Waals surface area contributed by atoms with E-state index in [0.717, 1.165) is 5.70 Å². The fraction of sp³-hybridized carbons (Fsp3) is 0.360. The number of rotatable bonds is 6. The Balaban J connectivity index is 1.58. The zero-order valence-electron chi connectivity index (χ0n) is 20.2. The summed E-state index contributed by atoms with van der Waals surface area (Å²) in [5.41, 5.74) is 5.89. The van der Waals surface area contributed by atoms with Crippen LogP contribution in [0.25, 0.3) is 0 Å². The number of carbonyl (C=O) groups is 2. The molecule has 3 aliphatic heterocycles. The lowest BCUT2D eigenvalue weighted by atomic mass is 9.92. The summed E-state index contributed by atoms with van der Waals surface area (Å²) in [6.45, 7) is 4.60. The molecule has 4 heterocycles. The van der Waals surface area contributed by atoms with Gasteiger partial charge in [0.05, 0.1) is 30.3 Å². The van der Waals surface area contributed by atoms with Crippen LogP contribution in [0.15, 0.2) is 57.9 Å². The van der Waals surface area contributed by atoms with Gasteiger partial charge in [-0.05, 0) is 37.5 Å². The van der Waals surface area contributed by atoms with Crippen LogP contribution in [0.5, 0.6) is 0 Å². The van der Waals surface area contributed by atoms with Crippen molar-refractivity contribution in [2.75, 3.05) is 26.7 Å². The summed E-state index contributed by atoms with van der Waals surface area (Å²) in [5.74, 6) is -0.498. The van der Waals surface area contributed by atoms with Crippen molar-refractivity contribution in [3.05, 3.63) is 74.9 Å². The number of aliphatic imine (C=N–C) groups is 1. The van der Waals surface area contributed by atoms with Gasteiger partial charge in [-0.3, -0.25) is 20.2 Å². The molecule has 2 N–H and O–H groups in total. The molecule has 3 aliphatic rings. The van der Waals surface area contributed by atoms with Crippen LogP contribution in [0, 0.1) is 18.7 Å². The second-order valence-corrected chi connectivity index (χ2v) is 9.71. The number of esters is 1. The van der Waals surface area contributed by atoms with Gasteiger partial charge in [-0.15, -0.1) is 11.3 Å². The third-order valence-corrected chi connectivity index (χ3v) is 7.33. The second kappa shape index (κ2) is 9.73. The van der Waals surface area contributed by atoms with E-state index in [0.29, 0.717) is 52.8 Å². The quantitative estimate of drug-likeness (QED) is 0.577. The van der Waals surface area contributed by atoms with Gasteiger partial charge in [-0.2, -0.15) is 0 Å². The number of halogens is 1. The van der Waals surface area contributed by atoms with E-state index in [1.54, 1.807) is 39.2 Å². The van der Waals surface area contributed by atoms with E-state index in [1.807, 2.05) is 16.5 Å². The third-order valence-electron chi connectivity index (χ3n) is 6.55. The van der Waals surface area contributed by atoms with Crippen molar-refractivity contribution in [1.29, 1.82) is 0 Å². The predicted octanol–water partition coefficient (Wildman–Crippen LogP) is 2.64. The molecule has 1 amide bonds. The number of nitrogens with zero attached hydrogens (tertiary/aromatic N) is 4. The van der Waals surface area contributed by atoms with Crippen LogP contribution in [0.3, 0.4) is 0 Å². The molecule has 1 aromatic heterocycles. The largest absolute Gasteiger partial charge is 0.463 e. The molecule has 0 aliphatic carbocycles. The van der Waals surface area contributed by atoms with Gasteiger partial charge >= 0.3 is 5.97 Å². The minimum atomic E-state index is -0.766. The molecule has 0 spiro atoms. The SMILES string of the molecule is CCOC(=O)C1=C(CN2C=C3NN(C)C(=O)C3CC2)NC(c2nccs2)=N[C@H]1c1cccc(F)c1C. The third kappa shape index (κ3) is 4.34. The summed E-state index contributed by atoms with van der Waals surface area (Å²) in [7, 11) is 1.71. The van der Waals surface area contributed by atoms with E-state index >= 15 is 0 Å². The van der Waals surface area contributed by atoms with Crippen LogP contribution in [-0.2, 0) is 14.3 Å². The van der Waals surface area contributed by atoms with Crippen molar-refractivity contribution >= 4 is 29.0 Å². The summed E-state index contributed by atoms with van der Waals surface area (Å²) in [4.78, 5) is 36.9. The van der Waals surface area contributed by atoms with Gasteiger partial charge in [0.2, 0.25) is 5.91 Å². The summed E-state index contributed by atoms with van der Waals surface area (Å²) < 4.78 is 20.0. The van der Waals surface area contributed by atoms with Crippen LogP contribution in [-0.4, -0.2) is 59.3 Å². The number of fused-ring (bicyclic) bond motifs is 1. The van der Waals surface area contributed by atoms with Crippen LogP contribution < -0.4 is 10.7 Å². The van der Waals surface area contributed by atoms with Gasteiger partial charge < -0.3 is 15.0 Å². The first-order valence-corrected chi connectivity index (χ1v) is 12.6. The number of thiazole rings is 1. The van der Waals surface area contributed by atoms with Gasteiger partial charge in [0.1, 0.15) is 11.9 Å². The van der Waals surface area contributed by atoms with Crippen LogP contribution >= 0.6 is 11.3 Å². The van der Waals surface area contributed by atoms with Crippen molar-refractivity contribution in [3.63, 3.8) is 0 Å². The van der Waals surface area contributed by atoms with Gasteiger partial charge in [-0.25, -0.2) is 14.2 Å². The van der Waals surface area contributed by atoms with E-state index in [1.165, 1.54) is 22.4 Å². The maximum atomic E-state index is 14.6. The molecule has 2 aromatic rings. The number of benzene rings is 1. The monoisotopic (exact) mass is 510 g/mol. The zero-order chi connectivity index (χ0) is 25.4. The Hall–Kier alpha value is -3.73. The minimum absolute atomic E-state index is 0.0444. The summed E-state index contributed by atoms with van der Waals surface area (Å²) in [5, 5.41) is 7.33. The molecule has 188 valence electrons. The molecular formula is C25H27FN6O3S. The average Bonchev–Trinajstić information content (AvgIpc) is 3.49. The van der Waals surface area contributed by atoms with Crippen LogP contribution in [0.1, 0.15) is 35.5 Å². The summed E-state index contributed by atoms with van der Waals surface area (Å²) in [6, 6.07) is 4.03. The molecule has 5 rings (SSSR count). The molecule has 11 heteroatoms. The number of hydrogen-bond donors (Lipinski definition) is 2. The summed E-state index contributed by atoms with van der Waals surface area (Å²) >= 11 is 1.42. The van der Waals surface area contributed by atoms with E-state index in [9.17, 15) is 14.0 Å². The highest BCUT2D eigenvalue weighted by Gasteiger charge is 2.38. The Morgan fingerprint density at radius 2 is 2.19 bits per heavy atom. The number of hydrazine groups is 1. The Morgan fingerprint density at radius 3 is 2.94 bits per heavy atom. The van der Waals surface area contributed by atoms with Gasteiger partial charge in [-0.1, -0.05) is 12.1 Å².